The normalized spacial score (nSPS) is 10.2. The summed E-state index contributed by atoms with van der Waals surface area (Å²) < 4.78 is 0. The summed E-state index contributed by atoms with van der Waals surface area (Å²) >= 11 is 0. The van der Waals surface area contributed by atoms with Gasteiger partial charge in [-0.05, 0) is 43.7 Å². The lowest BCUT2D eigenvalue weighted by atomic mass is 10.1. The second-order valence-corrected chi connectivity index (χ2v) is 5.29. The van der Waals surface area contributed by atoms with Crippen molar-refractivity contribution in [3.63, 3.8) is 0 Å². The molecule has 1 N–H and O–H groups in total. The monoisotopic (exact) mass is 310 g/mol. The lowest BCUT2D eigenvalue weighted by Gasteiger charge is -2.13. The number of benzene rings is 1. The van der Waals surface area contributed by atoms with E-state index in [2.05, 4.69) is 25.2 Å². The fourth-order valence-corrected chi connectivity index (χ4v) is 2.06. The summed E-state index contributed by atoms with van der Waals surface area (Å²) in [5.41, 5.74) is 10.9. The molecule has 0 radical (unpaired) electrons. The first-order chi connectivity index (χ1) is 11.1. The topological polar surface area (TPSA) is 94.0 Å². The van der Waals surface area contributed by atoms with Gasteiger partial charge in [-0.2, -0.15) is 0 Å². The van der Waals surface area contributed by atoms with Gasteiger partial charge < -0.3 is 10.2 Å². The Morgan fingerprint density at radius 3 is 2.87 bits per heavy atom. The van der Waals surface area contributed by atoms with E-state index in [-0.39, 0.29) is 5.91 Å². The van der Waals surface area contributed by atoms with Crippen molar-refractivity contribution in [3.8, 4) is 0 Å². The lowest BCUT2D eigenvalue weighted by Crippen LogP contribution is -2.17. The summed E-state index contributed by atoms with van der Waals surface area (Å²) in [6.45, 7) is 0.890. The van der Waals surface area contributed by atoms with Crippen LogP contribution in [0.1, 0.15) is 15.9 Å². The van der Waals surface area contributed by atoms with Gasteiger partial charge in [-0.3, -0.25) is 9.78 Å². The predicted octanol–water partition coefficient (Wildman–Crippen LogP) is 3.38. The van der Waals surface area contributed by atoms with Gasteiger partial charge in [-0.1, -0.05) is 23.3 Å². The molecule has 0 aliphatic rings. The van der Waals surface area contributed by atoms with E-state index in [4.69, 9.17) is 5.53 Å². The molecule has 0 aliphatic carbocycles. The Kier molecular flexibility index (Phi) is 5.68. The fourth-order valence-electron chi connectivity index (χ4n) is 2.06. The highest BCUT2D eigenvalue weighted by Crippen LogP contribution is 2.18. The zero-order chi connectivity index (χ0) is 16.7. The van der Waals surface area contributed by atoms with E-state index >= 15 is 0 Å². The molecule has 7 nitrogen and oxygen atoms in total. The Balaban J connectivity index is 2.17. The van der Waals surface area contributed by atoms with E-state index in [1.165, 1.54) is 18.5 Å². The van der Waals surface area contributed by atoms with Crippen molar-refractivity contribution in [1.82, 2.24) is 9.88 Å². The molecule has 0 unspecified atom stereocenters. The van der Waals surface area contributed by atoms with Gasteiger partial charge in [-0.25, -0.2) is 0 Å². The van der Waals surface area contributed by atoms with E-state index in [0.29, 0.717) is 11.3 Å². The zero-order valence-corrected chi connectivity index (χ0v) is 13.1. The number of nitrogens with zero attached hydrogens (tertiary/aromatic N) is 5. The summed E-state index contributed by atoms with van der Waals surface area (Å²) in [4.78, 5) is 21.1. The number of azide groups is 1. The molecule has 0 saturated carbocycles. The molecule has 0 spiro atoms. The highest BCUT2D eigenvalue weighted by Gasteiger charge is 2.10. The van der Waals surface area contributed by atoms with Gasteiger partial charge >= 0.3 is 0 Å². The number of hydrogen-bond acceptors (Lipinski definition) is 4. The smallest absolute Gasteiger partial charge is 0.257 e. The summed E-state index contributed by atoms with van der Waals surface area (Å²) in [6.07, 6.45) is 3.68. The van der Waals surface area contributed by atoms with E-state index in [0.717, 1.165) is 24.2 Å². The Morgan fingerprint density at radius 1 is 1.35 bits per heavy atom. The Bertz CT molecular complexity index is 737. The molecule has 1 aromatic heterocycles. The minimum atomic E-state index is -0.287. The first kappa shape index (κ1) is 16.5. The highest BCUT2D eigenvalue weighted by atomic mass is 16.1. The summed E-state index contributed by atoms with van der Waals surface area (Å²) in [6, 6.07) is 9.19. The summed E-state index contributed by atoms with van der Waals surface area (Å²) in [7, 11) is 4.02. The number of carbonyl (C=O) groups is 1. The second-order valence-electron chi connectivity index (χ2n) is 5.29. The average Bonchev–Trinajstić information content (AvgIpc) is 2.54. The number of aromatic nitrogens is 1. The molecule has 1 amide bonds. The van der Waals surface area contributed by atoms with Crippen molar-refractivity contribution in [2.75, 3.05) is 26.0 Å². The first-order valence-corrected chi connectivity index (χ1v) is 7.14. The molecule has 1 aromatic carbocycles. The van der Waals surface area contributed by atoms with Crippen molar-refractivity contribution >= 4 is 17.3 Å². The molecule has 0 atom stereocenters. The van der Waals surface area contributed by atoms with Crippen molar-refractivity contribution < 1.29 is 4.79 Å². The minimum absolute atomic E-state index is 0.287. The lowest BCUT2D eigenvalue weighted by molar-refractivity contribution is 0.102. The van der Waals surface area contributed by atoms with E-state index in [9.17, 15) is 4.79 Å². The van der Waals surface area contributed by atoms with Crippen LogP contribution in [0.4, 0.5) is 11.4 Å². The Labute approximate surface area is 134 Å². The van der Waals surface area contributed by atoms with Crippen LogP contribution in [0.2, 0.25) is 0 Å². The van der Waals surface area contributed by atoms with Gasteiger partial charge in [0.1, 0.15) is 0 Å². The van der Waals surface area contributed by atoms with Gasteiger partial charge in [0.05, 0.1) is 11.3 Å². The molecule has 0 aliphatic heterocycles. The third-order valence-corrected chi connectivity index (χ3v) is 3.24. The van der Waals surface area contributed by atoms with Gasteiger partial charge in [0, 0.05) is 29.5 Å². The van der Waals surface area contributed by atoms with Gasteiger partial charge in [0.15, 0.2) is 0 Å². The zero-order valence-electron chi connectivity index (χ0n) is 13.1. The Morgan fingerprint density at radius 2 is 2.13 bits per heavy atom. The van der Waals surface area contributed by atoms with E-state index in [1.807, 2.05) is 38.4 Å². The third kappa shape index (κ3) is 4.81. The van der Waals surface area contributed by atoms with Crippen molar-refractivity contribution in [2.45, 2.75) is 6.42 Å². The van der Waals surface area contributed by atoms with Crippen LogP contribution in [0.15, 0.2) is 47.8 Å². The number of likely N-dealkylation sites (N-methyl/N-ethyl adjacent to an activating group) is 1. The molecular formula is C16H18N6O. The number of anilines is 1. The number of para-hydroxylation sites is 1. The van der Waals surface area contributed by atoms with Crippen LogP contribution in [0.5, 0.6) is 0 Å². The molecule has 118 valence electrons. The predicted molar refractivity (Wildman–Crippen MR) is 89.7 cm³/mol. The van der Waals surface area contributed by atoms with Crippen LogP contribution in [-0.4, -0.2) is 36.4 Å². The van der Waals surface area contributed by atoms with Crippen LogP contribution >= 0.6 is 0 Å². The summed E-state index contributed by atoms with van der Waals surface area (Å²) in [5.74, 6) is -0.287. The van der Waals surface area contributed by atoms with Crippen LogP contribution < -0.4 is 5.32 Å². The third-order valence-electron chi connectivity index (χ3n) is 3.24. The van der Waals surface area contributed by atoms with Crippen LogP contribution in [0, 0.1) is 0 Å². The number of carbonyl (C=O) groups excluding carboxylic acids is 1. The molecule has 7 heteroatoms. The maximum Gasteiger partial charge on any atom is 0.257 e. The minimum Gasteiger partial charge on any atom is -0.322 e. The van der Waals surface area contributed by atoms with Crippen molar-refractivity contribution in [3.05, 3.63) is 64.3 Å². The first-order valence-electron chi connectivity index (χ1n) is 7.14. The van der Waals surface area contributed by atoms with Crippen molar-refractivity contribution in [1.29, 1.82) is 0 Å². The van der Waals surface area contributed by atoms with Crippen LogP contribution in [0.25, 0.3) is 10.4 Å². The highest BCUT2D eigenvalue weighted by molar-refractivity contribution is 6.04. The largest absolute Gasteiger partial charge is 0.322 e. The van der Waals surface area contributed by atoms with Gasteiger partial charge in [0.2, 0.25) is 0 Å². The van der Waals surface area contributed by atoms with Crippen LogP contribution in [-0.2, 0) is 6.42 Å². The second kappa shape index (κ2) is 7.93. The molecular weight excluding hydrogens is 292 g/mol. The standard InChI is InChI=1S/C16H18N6O/c1-22(2)8-7-12-5-3-4-6-15(12)19-16(23)13-9-14(20-21-17)11-18-10-13/h3-6,9-11H,7-8H2,1-2H3,(H,19,23). The number of pyridine rings is 1. The maximum atomic E-state index is 12.4. The number of nitrogens with one attached hydrogen (secondary N) is 1. The maximum absolute atomic E-state index is 12.4. The van der Waals surface area contributed by atoms with Gasteiger partial charge in [0.25, 0.3) is 5.91 Å². The van der Waals surface area contributed by atoms with E-state index < -0.39 is 0 Å². The molecule has 2 rings (SSSR count). The molecule has 0 bridgehead atoms. The van der Waals surface area contributed by atoms with Gasteiger partial charge in [-0.15, -0.1) is 0 Å². The number of rotatable bonds is 6. The Hall–Kier alpha value is -2.89. The SMILES string of the molecule is CN(C)CCc1ccccc1NC(=O)c1cncc(N=[N+]=[N-])c1. The average molecular weight is 310 g/mol. The number of amides is 1. The molecule has 2 aromatic rings. The molecule has 23 heavy (non-hydrogen) atoms. The quantitative estimate of drug-likeness (QED) is 0.503. The number of hydrogen-bond donors (Lipinski definition) is 1. The fraction of sp³-hybridized carbons (Fsp3) is 0.250. The van der Waals surface area contributed by atoms with Crippen LogP contribution in [0.3, 0.4) is 0 Å². The van der Waals surface area contributed by atoms with Crippen molar-refractivity contribution in [2.24, 2.45) is 5.11 Å². The summed E-state index contributed by atoms with van der Waals surface area (Å²) in [5, 5.41) is 6.34. The van der Waals surface area contributed by atoms with E-state index in [1.54, 1.807) is 0 Å². The molecule has 0 fully saturated rings. The molecule has 1 heterocycles. The molecule has 0 saturated heterocycles.